The van der Waals surface area contributed by atoms with Crippen molar-refractivity contribution in [2.45, 2.75) is 25.4 Å². The number of aromatic hydroxyl groups is 1. The van der Waals surface area contributed by atoms with Gasteiger partial charge in [-0.2, -0.15) is 0 Å². The van der Waals surface area contributed by atoms with Crippen molar-refractivity contribution in [3.05, 3.63) is 53.8 Å². The SMILES string of the molecule is COCOC1CC(C=CC(=O)CC(=O)C=Cc2ccc(O)c(OC)c2)CC=C1O. The van der Waals surface area contributed by atoms with Crippen LogP contribution in [0.1, 0.15) is 24.8 Å². The second kappa shape index (κ2) is 11.2. The molecular formula is C22H26O7. The van der Waals surface area contributed by atoms with Crippen LogP contribution in [0, 0.1) is 5.92 Å². The molecule has 2 rings (SSSR count). The van der Waals surface area contributed by atoms with Crippen molar-refractivity contribution in [3.63, 3.8) is 0 Å². The summed E-state index contributed by atoms with van der Waals surface area (Å²) in [4.78, 5) is 24.1. The molecule has 2 unspecified atom stereocenters. The summed E-state index contributed by atoms with van der Waals surface area (Å²) in [6, 6.07) is 4.70. The summed E-state index contributed by atoms with van der Waals surface area (Å²) in [7, 11) is 2.94. The summed E-state index contributed by atoms with van der Waals surface area (Å²) in [5, 5.41) is 19.4. The Kier molecular flexibility index (Phi) is 8.64. The molecule has 0 amide bonds. The highest BCUT2D eigenvalue weighted by atomic mass is 16.7. The van der Waals surface area contributed by atoms with Gasteiger partial charge in [0.2, 0.25) is 0 Å². The number of methoxy groups -OCH3 is 2. The quantitative estimate of drug-likeness (QED) is 0.351. The van der Waals surface area contributed by atoms with Crippen LogP contribution in [0.3, 0.4) is 0 Å². The summed E-state index contributed by atoms with van der Waals surface area (Å²) in [6.07, 6.45) is 8.15. The lowest BCUT2D eigenvalue weighted by molar-refractivity contribution is -0.121. The average Bonchev–Trinajstić information content (AvgIpc) is 2.71. The fourth-order valence-electron chi connectivity index (χ4n) is 2.88. The second-order valence-corrected chi connectivity index (χ2v) is 6.66. The zero-order valence-corrected chi connectivity index (χ0v) is 16.5. The van der Waals surface area contributed by atoms with Crippen molar-refractivity contribution < 1.29 is 34.0 Å². The van der Waals surface area contributed by atoms with Crippen molar-refractivity contribution in [1.82, 2.24) is 0 Å². The van der Waals surface area contributed by atoms with E-state index < -0.39 is 6.10 Å². The van der Waals surface area contributed by atoms with Gasteiger partial charge >= 0.3 is 0 Å². The number of allylic oxidation sites excluding steroid dienone is 4. The van der Waals surface area contributed by atoms with Gasteiger partial charge in [0.25, 0.3) is 0 Å². The third-order valence-electron chi connectivity index (χ3n) is 4.43. The van der Waals surface area contributed by atoms with E-state index in [1.165, 1.54) is 32.4 Å². The van der Waals surface area contributed by atoms with Gasteiger partial charge in [0.05, 0.1) is 13.5 Å². The molecule has 0 saturated heterocycles. The Balaban J connectivity index is 1.86. The number of benzene rings is 1. The third kappa shape index (κ3) is 7.21. The van der Waals surface area contributed by atoms with Crippen LogP contribution in [0.25, 0.3) is 6.08 Å². The molecule has 2 N–H and O–H groups in total. The first kappa shape index (κ1) is 22.4. The Hall–Kier alpha value is -2.90. The number of aliphatic hydroxyl groups excluding tert-OH is 1. The Morgan fingerprint density at radius 2 is 1.93 bits per heavy atom. The summed E-state index contributed by atoms with van der Waals surface area (Å²) >= 11 is 0. The molecule has 7 heteroatoms. The van der Waals surface area contributed by atoms with Crippen LogP contribution in [0.2, 0.25) is 0 Å². The standard InChI is InChI=1S/C22H26O7/c1-27-14-29-22-12-16(6-10-20(22)26)4-8-18(24)13-17(23)7-3-15-5-9-19(25)21(11-15)28-2/h3-5,7-11,16,22,25-26H,6,12-14H2,1-2H3. The van der Waals surface area contributed by atoms with Gasteiger partial charge in [-0.3, -0.25) is 9.59 Å². The Labute approximate surface area is 169 Å². The summed E-state index contributed by atoms with van der Waals surface area (Å²) in [5.41, 5.74) is 0.673. The molecule has 0 radical (unpaired) electrons. The number of hydrogen-bond donors (Lipinski definition) is 2. The first-order valence-electron chi connectivity index (χ1n) is 9.21. The van der Waals surface area contributed by atoms with Crippen molar-refractivity contribution in [2.75, 3.05) is 21.0 Å². The molecule has 0 fully saturated rings. The Bertz CT molecular complexity index is 807. The predicted molar refractivity (Wildman–Crippen MR) is 108 cm³/mol. The highest BCUT2D eigenvalue weighted by Crippen LogP contribution is 2.27. The topological polar surface area (TPSA) is 102 Å². The first-order valence-corrected chi connectivity index (χ1v) is 9.21. The van der Waals surface area contributed by atoms with Crippen molar-refractivity contribution in [1.29, 1.82) is 0 Å². The van der Waals surface area contributed by atoms with Crippen molar-refractivity contribution in [3.8, 4) is 11.5 Å². The highest BCUT2D eigenvalue weighted by molar-refractivity contribution is 6.09. The van der Waals surface area contributed by atoms with E-state index in [4.69, 9.17) is 14.2 Å². The van der Waals surface area contributed by atoms with Gasteiger partial charge in [0.1, 0.15) is 18.7 Å². The van der Waals surface area contributed by atoms with Gasteiger partial charge in [-0.25, -0.2) is 0 Å². The van der Waals surface area contributed by atoms with Gasteiger partial charge in [0, 0.05) is 7.11 Å². The lowest BCUT2D eigenvalue weighted by atomic mass is 9.90. The average molecular weight is 402 g/mol. The monoisotopic (exact) mass is 402 g/mol. The largest absolute Gasteiger partial charge is 0.510 e. The zero-order valence-electron chi connectivity index (χ0n) is 16.5. The van der Waals surface area contributed by atoms with Crippen LogP contribution in [0.15, 0.2) is 48.3 Å². The molecule has 0 bridgehead atoms. The van der Waals surface area contributed by atoms with E-state index in [9.17, 15) is 19.8 Å². The van der Waals surface area contributed by atoms with E-state index in [1.807, 2.05) is 0 Å². The van der Waals surface area contributed by atoms with E-state index >= 15 is 0 Å². The van der Waals surface area contributed by atoms with Crippen LogP contribution in [-0.4, -0.2) is 48.9 Å². The maximum Gasteiger partial charge on any atom is 0.163 e. The number of carbonyl (C=O) groups is 2. The Morgan fingerprint density at radius 3 is 2.66 bits per heavy atom. The molecule has 0 aromatic heterocycles. The van der Waals surface area contributed by atoms with E-state index in [1.54, 1.807) is 30.4 Å². The maximum atomic E-state index is 12.1. The maximum absolute atomic E-state index is 12.1. The van der Waals surface area contributed by atoms with Crippen LogP contribution in [0.5, 0.6) is 11.5 Å². The number of aliphatic hydroxyl groups is 1. The number of ketones is 2. The number of carbonyl (C=O) groups excluding carboxylic acids is 2. The Morgan fingerprint density at radius 1 is 1.17 bits per heavy atom. The van der Waals surface area contributed by atoms with Gasteiger partial charge < -0.3 is 24.4 Å². The van der Waals surface area contributed by atoms with E-state index in [-0.39, 0.29) is 42.2 Å². The zero-order chi connectivity index (χ0) is 21.2. The molecule has 1 aliphatic rings. The van der Waals surface area contributed by atoms with Crippen LogP contribution in [0.4, 0.5) is 0 Å². The minimum absolute atomic E-state index is 0.0111. The second-order valence-electron chi connectivity index (χ2n) is 6.66. The van der Waals surface area contributed by atoms with Gasteiger partial charge in [-0.15, -0.1) is 0 Å². The molecule has 0 aliphatic heterocycles. The normalized spacial score (nSPS) is 19.4. The van der Waals surface area contributed by atoms with Crippen molar-refractivity contribution >= 4 is 17.6 Å². The van der Waals surface area contributed by atoms with E-state index in [2.05, 4.69) is 0 Å². The predicted octanol–water partition coefficient (Wildman–Crippen LogP) is 3.34. The first-order chi connectivity index (χ1) is 13.9. The molecular weight excluding hydrogens is 376 g/mol. The van der Waals surface area contributed by atoms with E-state index in [0.717, 1.165) is 0 Å². The fourth-order valence-corrected chi connectivity index (χ4v) is 2.88. The lowest BCUT2D eigenvalue weighted by Gasteiger charge is -2.25. The number of phenols is 1. The van der Waals surface area contributed by atoms with Crippen LogP contribution < -0.4 is 4.74 Å². The third-order valence-corrected chi connectivity index (χ3v) is 4.43. The molecule has 156 valence electrons. The summed E-state index contributed by atoms with van der Waals surface area (Å²) < 4.78 is 15.3. The van der Waals surface area contributed by atoms with Gasteiger partial charge in [0.15, 0.2) is 23.1 Å². The number of ether oxygens (including phenoxy) is 3. The summed E-state index contributed by atoms with van der Waals surface area (Å²) in [5.74, 6) is -0.0998. The van der Waals surface area contributed by atoms with Gasteiger partial charge in [-0.1, -0.05) is 18.2 Å². The highest BCUT2D eigenvalue weighted by Gasteiger charge is 2.23. The number of hydrogen-bond acceptors (Lipinski definition) is 7. The molecule has 0 saturated carbocycles. The van der Waals surface area contributed by atoms with Crippen LogP contribution >= 0.6 is 0 Å². The van der Waals surface area contributed by atoms with Crippen molar-refractivity contribution in [2.24, 2.45) is 5.92 Å². The molecule has 1 aliphatic carbocycles. The molecule has 2 atom stereocenters. The van der Waals surface area contributed by atoms with E-state index in [0.29, 0.717) is 24.2 Å². The lowest BCUT2D eigenvalue weighted by Crippen LogP contribution is -2.24. The minimum atomic E-state index is -0.458. The fraction of sp³-hybridized carbons (Fsp3) is 0.364. The molecule has 29 heavy (non-hydrogen) atoms. The number of rotatable bonds is 10. The molecule has 1 aromatic carbocycles. The molecule has 7 nitrogen and oxygen atoms in total. The molecule has 1 aromatic rings. The smallest absolute Gasteiger partial charge is 0.163 e. The minimum Gasteiger partial charge on any atom is -0.510 e. The summed E-state index contributed by atoms with van der Waals surface area (Å²) in [6.45, 7) is 0.0751. The van der Waals surface area contributed by atoms with Gasteiger partial charge in [-0.05, 0) is 54.7 Å². The molecule has 0 heterocycles. The van der Waals surface area contributed by atoms with Crippen LogP contribution in [-0.2, 0) is 19.1 Å². The number of phenolic OH excluding ortho intramolecular Hbond substituents is 1. The molecule has 0 spiro atoms.